The SMILES string of the molecule is CN1CCC(NS(=O)(=O)c2ccc(O)c([N+](=O)[O-])c2)C1=O. The fourth-order valence-corrected chi connectivity index (χ4v) is 3.25. The Hall–Kier alpha value is -2.20. The van der Waals surface area contributed by atoms with Crippen LogP contribution in [-0.4, -0.2) is 48.9 Å². The Morgan fingerprint density at radius 3 is 2.67 bits per heavy atom. The Labute approximate surface area is 120 Å². The number of phenols is 1. The summed E-state index contributed by atoms with van der Waals surface area (Å²) < 4.78 is 26.5. The van der Waals surface area contributed by atoms with E-state index in [2.05, 4.69) is 4.72 Å². The van der Waals surface area contributed by atoms with Crippen LogP contribution in [0.1, 0.15) is 6.42 Å². The minimum absolute atomic E-state index is 0.328. The lowest BCUT2D eigenvalue weighted by Gasteiger charge is -2.12. The van der Waals surface area contributed by atoms with Crippen LogP contribution in [0.2, 0.25) is 0 Å². The van der Waals surface area contributed by atoms with E-state index in [0.29, 0.717) is 13.0 Å². The predicted octanol–water partition coefficient (Wildman–Crippen LogP) is -0.191. The molecule has 1 unspecified atom stereocenters. The van der Waals surface area contributed by atoms with Crippen molar-refractivity contribution in [3.63, 3.8) is 0 Å². The minimum atomic E-state index is -4.09. The first-order chi connectivity index (χ1) is 9.72. The van der Waals surface area contributed by atoms with E-state index >= 15 is 0 Å². The Morgan fingerprint density at radius 2 is 2.14 bits per heavy atom. The van der Waals surface area contributed by atoms with E-state index in [-0.39, 0.29) is 10.8 Å². The first kappa shape index (κ1) is 15.2. The normalized spacial score (nSPS) is 19.0. The van der Waals surface area contributed by atoms with Gasteiger partial charge in [0.25, 0.3) is 0 Å². The summed E-state index contributed by atoms with van der Waals surface area (Å²) in [5.74, 6) is -0.984. The van der Waals surface area contributed by atoms with Crippen molar-refractivity contribution in [2.45, 2.75) is 17.4 Å². The highest BCUT2D eigenvalue weighted by Crippen LogP contribution is 2.28. The van der Waals surface area contributed by atoms with E-state index in [4.69, 9.17) is 0 Å². The largest absolute Gasteiger partial charge is 0.502 e. The van der Waals surface area contributed by atoms with E-state index in [1.807, 2.05) is 0 Å². The number of amides is 1. The summed E-state index contributed by atoms with van der Waals surface area (Å²) in [6.45, 7) is 0.432. The Kier molecular flexibility index (Phi) is 3.83. The number of nitrogens with zero attached hydrogens (tertiary/aromatic N) is 2. The number of benzene rings is 1. The van der Waals surface area contributed by atoms with E-state index in [0.717, 1.165) is 18.2 Å². The monoisotopic (exact) mass is 315 g/mol. The third-order valence-electron chi connectivity index (χ3n) is 3.18. The van der Waals surface area contributed by atoms with Gasteiger partial charge in [-0.2, -0.15) is 4.72 Å². The summed E-state index contributed by atoms with van der Waals surface area (Å²) in [4.78, 5) is 22.5. The number of nitrogens with one attached hydrogen (secondary N) is 1. The molecule has 1 aromatic carbocycles. The zero-order valence-electron chi connectivity index (χ0n) is 11.0. The summed E-state index contributed by atoms with van der Waals surface area (Å²) in [7, 11) is -2.53. The fraction of sp³-hybridized carbons (Fsp3) is 0.364. The number of likely N-dealkylation sites (N-methyl/N-ethyl adjacent to an activating group) is 1. The van der Waals surface area contributed by atoms with E-state index in [9.17, 15) is 28.4 Å². The summed E-state index contributed by atoms with van der Waals surface area (Å²) in [5.41, 5.74) is -0.715. The molecule has 0 aliphatic carbocycles. The molecule has 21 heavy (non-hydrogen) atoms. The molecule has 1 saturated heterocycles. The summed E-state index contributed by atoms with van der Waals surface area (Å²) in [6, 6.07) is 1.83. The van der Waals surface area contributed by atoms with Gasteiger partial charge in [-0.15, -0.1) is 0 Å². The van der Waals surface area contributed by atoms with Crippen LogP contribution in [-0.2, 0) is 14.8 Å². The Balaban J connectivity index is 2.30. The predicted molar refractivity (Wildman–Crippen MR) is 71.1 cm³/mol. The van der Waals surface area contributed by atoms with Gasteiger partial charge in [-0.1, -0.05) is 0 Å². The maximum Gasteiger partial charge on any atom is 0.312 e. The molecule has 9 nitrogen and oxygen atoms in total. The molecule has 1 aliphatic heterocycles. The third-order valence-corrected chi connectivity index (χ3v) is 4.65. The van der Waals surface area contributed by atoms with Crippen LogP contribution in [0.5, 0.6) is 5.75 Å². The fourth-order valence-electron chi connectivity index (χ4n) is 2.00. The average molecular weight is 315 g/mol. The van der Waals surface area contributed by atoms with Gasteiger partial charge in [-0.3, -0.25) is 14.9 Å². The van der Waals surface area contributed by atoms with Gasteiger partial charge < -0.3 is 10.0 Å². The van der Waals surface area contributed by atoms with Crippen molar-refractivity contribution in [2.24, 2.45) is 0 Å². The lowest BCUT2D eigenvalue weighted by Crippen LogP contribution is -2.40. The van der Waals surface area contributed by atoms with Gasteiger partial charge in [-0.25, -0.2) is 8.42 Å². The first-order valence-electron chi connectivity index (χ1n) is 5.97. The number of carbonyl (C=O) groups is 1. The van der Waals surface area contributed by atoms with Crippen LogP contribution < -0.4 is 4.72 Å². The molecule has 1 fully saturated rings. The van der Waals surface area contributed by atoms with Crippen LogP contribution in [0, 0.1) is 10.1 Å². The summed E-state index contributed by atoms with van der Waals surface area (Å²) in [6.07, 6.45) is 0.328. The van der Waals surface area contributed by atoms with E-state index < -0.39 is 32.4 Å². The van der Waals surface area contributed by atoms with Crippen molar-refractivity contribution in [3.05, 3.63) is 28.3 Å². The number of hydrogen-bond acceptors (Lipinski definition) is 6. The van der Waals surface area contributed by atoms with Crippen molar-refractivity contribution in [3.8, 4) is 5.75 Å². The van der Waals surface area contributed by atoms with Crippen LogP contribution in [0.4, 0.5) is 5.69 Å². The molecule has 0 aromatic heterocycles. The molecule has 1 amide bonds. The number of carbonyl (C=O) groups excluding carboxylic acids is 1. The maximum atomic E-state index is 12.1. The van der Waals surface area contributed by atoms with Gasteiger partial charge in [0.2, 0.25) is 15.9 Å². The quantitative estimate of drug-likeness (QED) is 0.585. The van der Waals surface area contributed by atoms with Gasteiger partial charge >= 0.3 is 5.69 Å². The average Bonchev–Trinajstić information content (AvgIpc) is 2.70. The number of likely N-dealkylation sites (tertiary alicyclic amines) is 1. The number of sulfonamides is 1. The van der Waals surface area contributed by atoms with Crippen molar-refractivity contribution in [2.75, 3.05) is 13.6 Å². The number of rotatable bonds is 4. The molecule has 0 spiro atoms. The van der Waals surface area contributed by atoms with Crippen LogP contribution in [0.15, 0.2) is 23.1 Å². The van der Waals surface area contributed by atoms with Gasteiger partial charge in [0.15, 0.2) is 5.75 Å². The van der Waals surface area contributed by atoms with E-state index in [1.165, 1.54) is 4.90 Å². The second kappa shape index (κ2) is 5.30. The zero-order valence-corrected chi connectivity index (χ0v) is 11.8. The topological polar surface area (TPSA) is 130 Å². The first-order valence-corrected chi connectivity index (χ1v) is 7.45. The van der Waals surface area contributed by atoms with E-state index in [1.54, 1.807) is 7.05 Å². The van der Waals surface area contributed by atoms with Gasteiger partial charge in [0.05, 0.1) is 9.82 Å². The molecule has 114 valence electrons. The molecule has 1 atom stereocenters. The maximum absolute atomic E-state index is 12.1. The standard InChI is InChI=1S/C11H13N3O6S/c1-13-5-4-8(11(13)16)12-21(19,20)7-2-3-10(15)9(6-7)14(17)18/h2-3,6,8,12,15H,4-5H2,1H3. The number of phenolic OH excluding ortho intramolecular Hbond substituents is 1. The van der Waals surface area contributed by atoms with Crippen LogP contribution in [0.25, 0.3) is 0 Å². The number of nitro groups is 1. The molecule has 1 aliphatic rings. The molecule has 1 heterocycles. The molecule has 0 radical (unpaired) electrons. The highest BCUT2D eigenvalue weighted by Gasteiger charge is 2.33. The second-order valence-electron chi connectivity index (χ2n) is 4.63. The lowest BCUT2D eigenvalue weighted by atomic mass is 10.3. The Morgan fingerprint density at radius 1 is 1.48 bits per heavy atom. The van der Waals surface area contributed by atoms with Gasteiger partial charge in [0.1, 0.15) is 6.04 Å². The molecule has 2 rings (SSSR count). The van der Waals surface area contributed by atoms with Gasteiger partial charge in [-0.05, 0) is 18.6 Å². The smallest absolute Gasteiger partial charge is 0.312 e. The second-order valence-corrected chi connectivity index (χ2v) is 6.34. The molecular formula is C11H13N3O6S. The van der Waals surface area contributed by atoms with Crippen molar-refractivity contribution < 1.29 is 23.2 Å². The molecular weight excluding hydrogens is 302 g/mol. The molecule has 1 aromatic rings. The Bertz CT molecular complexity index is 702. The summed E-state index contributed by atoms with van der Waals surface area (Å²) in [5, 5.41) is 20.0. The molecule has 2 N–H and O–H groups in total. The number of nitro benzene ring substituents is 1. The van der Waals surface area contributed by atoms with Crippen LogP contribution >= 0.6 is 0 Å². The molecule has 10 heteroatoms. The zero-order chi connectivity index (χ0) is 15.8. The van der Waals surface area contributed by atoms with Crippen LogP contribution in [0.3, 0.4) is 0 Å². The third kappa shape index (κ3) is 2.95. The highest BCUT2D eigenvalue weighted by atomic mass is 32.2. The highest BCUT2D eigenvalue weighted by molar-refractivity contribution is 7.89. The van der Waals surface area contributed by atoms with Gasteiger partial charge in [0, 0.05) is 19.7 Å². The molecule has 0 bridgehead atoms. The van der Waals surface area contributed by atoms with Crippen molar-refractivity contribution >= 4 is 21.6 Å². The lowest BCUT2D eigenvalue weighted by molar-refractivity contribution is -0.386. The molecule has 0 saturated carbocycles. The number of hydrogen-bond donors (Lipinski definition) is 2. The summed E-state index contributed by atoms with van der Waals surface area (Å²) >= 11 is 0. The minimum Gasteiger partial charge on any atom is -0.502 e. The van der Waals surface area contributed by atoms with Crippen molar-refractivity contribution in [1.82, 2.24) is 9.62 Å². The number of aromatic hydroxyl groups is 1. The van der Waals surface area contributed by atoms with Crippen molar-refractivity contribution in [1.29, 1.82) is 0 Å².